The Kier molecular flexibility index (Phi) is 7.11. The third-order valence-corrected chi connectivity index (χ3v) is 6.48. The van der Waals surface area contributed by atoms with E-state index in [4.69, 9.17) is 9.72 Å². The topological polar surface area (TPSA) is 95.0 Å². The SMILES string of the molecule is COC(=O)N(NC(=O)c1c(CN2CCC(O)C2)c(-c2ccccc2)nc2ccccc12)c1ccccc1. The van der Waals surface area contributed by atoms with Gasteiger partial charge in [0.05, 0.1) is 35.7 Å². The lowest BCUT2D eigenvalue weighted by Gasteiger charge is -2.25. The van der Waals surface area contributed by atoms with Crippen molar-refractivity contribution in [2.75, 3.05) is 25.2 Å². The number of anilines is 1. The first-order valence-electron chi connectivity index (χ1n) is 12.2. The van der Waals surface area contributed by atoms with Gasteiger partial charge in [0.15, 0.2) is 0 Å². The smallest absolute Gasteiger partial charge is 0.433 e. The molecule has 5 rings (SSSR count). The van der Waals surface area contributed by atoms with Crippen molar-refractivity contribution in [2.24, 2.45) is 0 Å². The highest BCUT2D eigenvalue weighted by Crippen LogP contribution is 2.32. The van der Waals surface area contributed by atoms with Crippen LogP contribution in [0.25, 0.3) is 22.2 Å². The third-order valence-electron chi connectivity index (χ3n) is 6.48. The number of para-hydroxylation sites is 2. The lowest BCUT2D eigenvalue weighted by atomic mass is 9.95. The van der Waals surface area contributed by atoms with E-state index in [1.165, 1.54) is 7.11 Å². The predicted octanol–water partition coefficient (Wildman–Crippen LogP) is 4.39. The van der Waals surface area contributed by atoms with Crippen molar-refractivity contribution in [3.63, 3.8) is 0 Å². The van der Waals surface area contributed by atoms with Crippen LogP contribution in [0.5, 0.6) is 0 Å². The normalized spacial score (nSPS) is 15.5. The molecule has 3 aromatic carbocycles. The summed E-state index contributed by atoms with van der Waals surface area (Å²) in [5.74, 6) is -0.459. The minimum Gasteiger partial charge on any atom is -0.451 e. The molecule has 1 aliphatic heterocycles. The van der Waals surface area contributed by atoms with Gasteiger partial charge in [-0.3, -0.25) is 15.1 Å². The minimum atomic E-state index is -0.717. The van der Waals surface area contributed by atoms with Crippen molar-refractivity contribution < 1.29 is 19.4 Å². The van der Waals surface area contributed by atoms with E-state index in [9.17, 15) is 14.7 Å². The number of aliphatic hydroxyl groups excluding tert-OH is 1. The number of hydrazine groups is 1. The standard InChI is InChI=1S/C29H28N4O4/c1-37-29(36)33(21-12-6-3-7-13-21)31-28(35)26-23-14-8-9-15-25(23)30-27(20-10-4-2-5-11-20)24(26)19-32-17-16-22(34)18-32/h2-15,22,34H,16-19H2,1H3,(H,31,35). The predicted molar refractivity (Wildman–Crippen MR) is 142 cm³/mol. The average Bonchev–Trinajstić information content (AvgIpc) is 3.36. The Hall–Kier alpha value is -4.27. The number of pyridine rings is 1. The van der Waals surface area contributed by atoms with Crippen molar-refractivity contribution in [3.05, 3.63) is 96.1 Å². The van der Waals surface area contributed by atoms with E-state index < -0.39 is 18.1 Å². The summed E-state index contributed by atoms with van der Waals surface area (Å²) in [4.78, 5) is 33.8. The largest absolute Gasteiger partial charge is 0.451 e. The number of nitrogens with zero attached hydrogens (tertiary/aromatic N) is 3. The molecule has 37 heavy (non-hydrogen) atoms. The summed E-state index contributed by atoms with van der Waals surface area (Å²) in [6.07, 6.45) is -0.447. The number of amides is 2. The van der Waals surface area contributed by atoms with Crippen LogP contribution in [0.15, 0.2) is 84.9 Å². The molecule has 8 heteroatoms. The van der Waals surface area contributed by atoms with Crippen LogP contribution in [-0.4, -0.2) is 53.3 Å². The lowest BCUT2D eigenvalue weighted by Crippen LogP contribution is -2.47. The molecule has 2 heterocycles. The molecule has 0 spiro atoms. The molecule has 188 valence electrons. The van der Waals surface area contributed by atoms with Crippen LogP contribution in [0.4, 0.5) is 10.5 Å². The summed E-state index contributed by atoms with van der Waals surface area (Å²) in [5, 5.41) is 11.9. The summed E-state index contributed by atoms with van der Waals surface area (Å²) in [5.41, 5.74) is 6.63. The molecule has 1 fully saturated rings. The zero-order chi connectivity index (χ0) is 25.8. The molecule has 4 aromatic rings. The van der Waals surface area contributed by atoms with Crippen LogP contribution in [0.3, 0.4) is 0 Å². The second-order valence-electron chi connectivity index (χ2n) is 8.96. The van der Waals surface area contributed by atoms with E-state index in [0.29, 0.717) is 53.9 Å². The van der Waals surface area contributed by atoms with Crippen LogP contribution >= 0.6 is 0 Å². The first-order valence-corrected chi connectivity index (χ1v) is 12.2. The molecule has 1 aliphatic rings. The van der Waals surface area contributed by atoms with Gasteiger partial charge in [0.2, 0.25) is 0 Å². The second-order valence-corrected chi connectivity index (χ2v) is 8.96. The van der Waals surface area contributed by atoms with E-state index >= 15 is 0 Å². The van der Waals surface area contributed by atoms with Crippen LogP contribution in [0.1, 0.15) is 22.3 Å². The molecular formula is C29H28N4O4. The number of hydrogen-bond donors (Lipinski definition) is 2. The molecule has 1 aromatic heterocycles. The van der Waals surface area contributed by atoms with Crippen molar-refractivity contribution in [3.8, 4) is 11.3 Å². The van der Waals surface area contributed by atoms with Crippen LogP contribution in [-0.2, 0) is 11.3 Å². The van der Waals surface area contributed by atoms with E-state index in [1.807, 2.05) is 60.7 Å². The number of rotatable bonds is 5. The molecule has 0 aliphatic carbocycles. The molecule has 1 atom stereocenters. The maximum Gasteiger partial charge on any atom is 0.433 e. The average molecular weight is 497 g/mol. The van der Waals surface area contributed by atoms with E-state index in [2.05, 4.69) is 10.3 Å². The zero-order valence-electron chi connectivity index (χ0n) is 20.5. The number of carbonyl (C=O) groups excluding carboxylic acids is 2. The van der Waals surface area contributed by atoms with E-state index in [0.717, 1.165) is 16.1 Å². The summed E-state index contributed by atoms with van der Waals surface area (Å²) >= 11 is 0. The number of β-amino-alcohol motifs (C(OH)–C–C–N with tert-alkyl or cyclic N) is 1. The molecule has 0 bridgehead atoms. The third kappa shape index (κ3) is 5.16. The van der Waals surface area contributed by atoms with Gasteiger partial charge >= 0.3 is 6.09 Å². The molecule has 0 saturated carbocycles. The van der Waals surface area contributed by atoms with Crippen LogP contribution < -0.4 is 10.4 Å². The fourth-order valence-electron chi connectivity index (χ4n) is 4.72. The van der Waals surface area contributed by atoms with Crippen molar-refractivity contribution in [2.45, 2.75) is 19.1 Å². The number of ether oxygens (including phenoxy) is 1. The number of aliphatic hydroxyl groups is 1. The summed E-state index contributed by atoms with van der Waals surface area (Å²) in [7, 11) is 1.27. The quantitative estimate of drug-likeness (QED) is 0.398. The first-order chi connectivity index (χ1) is 18.0. The Balaban J connectivity index is 1.67. The highest BCUT2D eigenvalue weighted by Gasteiger charge is 2.28. The Morgan fingerprint density at radius 2 is 1.70 bits per heavy atom. The number of benzene rings is 3. The lowest BCUT2D eigenvalue weighted by molar-refractivity contribution is 0.0940. The highest BCUT2D eigenvalue weighted by atomic mass is 16.5. The number of fused-ring (bicyclic) bond motifs is 1. The Bertz CT molecular complexity index is 1410. The molecular weight excluding hydrogens is 468 g/mol. The zero-order valence-corrected chi connectivity index (χ0v) is 20.5. The number of carbonyl (C=O) groups is 2. The summed E-state index contributed by atoms with van der Waals surface area (Å²) in [6.45, 7) is 1.65. The molecule has 2 amide bonds. The van der Waals surface area contributed by atoms with Gasteiger partial charge in [-0.25, -0.2) is 9.78 Å². The molecule has 1 unspecified atom stereocenters. The van der Waals surface area contributed by atoms with Gasteiger partial charge in [0.25, 0.3) is 5.91 Å². The van der Waals surface area contributed by atoms with Gasteiger partial charge in [-0.2, -0.15) is 5.01 Å². The Morgan fingerprint density at radius 3 is 2.38 bits per heavy atom. The number of aromatic nitrogens is 1. The number of methoxy groups -OCH3 is 1. The van der Waals surface area contributed by atoms with Gasteiger partial charge in [-0.1, -0.05) is 66.7 Å². The monoisotopic (exact) mass is 496 g/mol. The maximum absolute atomic E-state index is 14.0. The van der Waals surface area contributed by atoms with Crippen molar-refractivity contribution >= 4 is 28.6 Å². The van der Waals surface area contributed by atoms with Crippen molar-refractivity contribution in [1.29, 1.82) is 0 Å². The number of nitrogens with one attached hydrogen (secondary N) is 1. The number of likely N-dealkylation sites (tertiary alicyclic amines) is 1. The van der Waals surface area contributed by atoms with Crippen LogP contribution in [0, 0.1) is 0 Å². The van der Waals surface area contributed by atoms with Gasteiger partial charge in [0.1, 0.15) is 0 Å². The van der Waals surface area contributed by atoms with Gasteiger partial charge in [-0.15, -0.1) is 0 Å². The molecule has 0 radical (unpaired) electrons. The molecule has 8 nitrogen and oxygen atoms in total. The Morgan fingerprint density at radius 1 is 1.03 bits per heavy atom. The Labute approximate surface area is 215 Å². The summed E-state index contributed by atoms with van der Waals surface area (Å²) in [6, 6.07) is 26.0. The van der Waals surface area contributed by atoms with Gasteiger partial charge < -0.3 is 9.84 Å². The fourth-order valence-corrected chi connectivity index (χ4v) is 4.72. The molecule has 1 saturated heterocycles. The van der Waals surface area contributed by atoms with Crippen LogP contribution in [0.2, 0.25) is 0 Å². The number of hydrogen-bond acceptors (Lipinski definition) is 6. The maximum atomic E-state index is 14.0. The molecule has 2 N–H and O–H groups in total. The fraction of sp³-hybridized carbons (Fsp3) is 0.207. The minimum absolute atomic E-state index is 0.404. The second kappa shape index (κ2) is 10.8. The van der Waals surface area contributed by atoms with Gasteiger partial charge in [-0.05, 0) is 24.6 Å². The summed E-state index contributed by atoms with van der Waals surface area (Å²) < 4.78 is 4.96. The van der Waals surface area contributed by atoms with Gasteiger partial charge in [0, 0.05) is 36.1 Å². The van der Waals surface area contributed by atoms with E-state index in [1.54, 1.807) is 24.3 Å². The van der Waals surface area contributed by atoms with E-state index in [-0.39, 0.29) is 0 Å². The highest BCUT2D eigenvalue weighted by molar-refractivity contribution is 6.10. The van der Waals surface area contributed by atoms with Crippen molar-refractivity contribution in [1.82, 2.24) is 15.3 Å². The first kappa shape index (κ1) is 24.4.